The zero-order valence-corrected chi connectivity index (χ0v) is 19.9. The van der Waals surface area contributed by atoms with Gasteiger partial charge in [0, 0.05) is 12.1 Å². The van der Waals surface area contributed by atoms with Gasteiger partial charge in [0.15, 0.2) is 11.5 Å². The molecule has 4 rings (SSSR count). The van der Waals surface area contributed by atoms with E-state index >= 15 is 0 Å². The van der Waals surface area contributed by atoms with Crippen LogP contribution in [0.5, 0.6) is 11.5 Å². The summed E-state index contributed by atoms with van der Waals surface area (Å²) in [7, 11) is 0. The van der Waals surface area contributed by atoms with Crippen LogP contribution in [-0.4, -0.2) is 41.5 Å². The average molecular weight is 472 g/mol. The molecule has 0 aromatic heterocycles. The van der Waals surface area contributed by atoms with Gasteiger partial charge in [-0.05, 0) is 43.5 Å². The lowest BCUT2D eigenvalue weighted by Gasteiger charge is -2.26. The van der Waals surface area contributed by atoms with Gasteiger partial charge < -0.3 is 19.5 Å². The maximum atomic E-state index is 13.2. The highest BCUT2D eigenvalue weighted by atomic mass is 16.5. The highest BCUT2D eigenvalue weighted by Gasteiger charge is 2.46. The van der Waals surface area contributed by atoms with Crippen LogP contribution < -0.4 is 9.47 Å². The van der Waals surface area contributed by atoms with Gasteiger partial charge in [-0.15, -0.1) is 0 Å². The molecule has 1 unspecified atom stereocenters. The average Bonchev–Trinajstić information content (AvgIpc) is 3.14. The molecule has 0 bridgehead atoms. The first-order valence-electron chi connectivity index (χ1n) is 11.8. The predicted molar refractivity (Wildman–Crippen MR) is 134 cm³/mol. The van der Waals surface area contributed by atoms with Crippen molar-refractivity contribution in [1.29, 1.82) is 0 Å². The number of aliphatic hydroxyl groups excluding tert-OH is 1. The lowest BCUT2D eigenvalue weighted by atomic mass is 9.95. The van der Waals surface area contributed by atoms with Crippen molar-refractivity contribution in [3.8, 4) is 11.5 Å². The van der Waals surface area contributed by atoms with Crippen molar-refractivity contribution in [2.75, 3.05) is 19.8 Å². The van der Waals surface area contributed by atoms with Gasteiger partial charge in [-0.3, -0.25) is 9.59 Å². The molecular weight excluding hydrogens is 442 g/mol. The SMILES string of the molecule is CCOc1ccc(C2C(=C(O)c3ccccc3)C(=O)C(=O)N2CCc2ccccc2)cc1OCC. The van der Waals surface area contributed by atoms with E-state index in [1.807, 2.05) is 56.3 Å². The summed E-state index contributed by atoms with van der Waals surface area (Å²) in [6, 6.07) is 23.2. The van der Waals surface area contributed by atoms with Crippen molar-refractivity contribution >= 4 is 17.4 Å². The van der Waals surface area contributed by atoms with Crippen LogP contribution in [-0.2, 0) is 16.0 Å². The van der Waals surface area contributed by atoms with Crippen LogP contribution in [0.1, 0.15) is 36.6 Å². The van der Waals surface area contributed by atoms with Gasteiger partial charge in [0.25, 0.3) is 11.7 Å². The fourth-order valence-corrected chi connectivity index (χ4v) is 4.34. The molecule has 1 heterocycles. The van der Waals surface area contributed by atoms with Crippen LogP contribution in [0.4, 0.5) is 0 Å². The molecule has 1 aliphatic rings. The summed E-state index contributed by atoms with van der Waals surface area (Å²) >= 11 is 0. The number of Topliss-reactive ketones (excluding diaryl/α,β-unsaturated/α-hetero) is 1. The third-order valence-electron chi connectivity index (χ3n) is 5.95. The van der Waals surface area contributed by atoms with E-state index in [2.05, 4.69) is 0 Å². The molecule has 0 radical (unpaired) electrons. The molecule has 1 saturated heterocycles. The number of ether oxygens (including phenoxy) is 2. The van der Waals surface area contributed by atoms with Gasteiger partial charge in [-0.25, -0.2) is 0 Å². The van der Waals surface area contributed by atoms with E-state index < -0.39 is 17.7 Å². The number of ketones is 1. The highest BCUT2D eigenvalue weighted by molar-refractivity contribution is 6.46. The zero-order valence-electron chi connectivity index (χ0n) is 19.9. The first kappa shape index (κ1) is 24.1. The van der Waals surface area contributed by atoms with Crippen LogP contribution in [0, 0.1) is 0 Å². The van der Waals surface area contributed by atoms with Crippen molar-refractivity contribution in [3.05, 3.63) is 101 Å². The molecule has 1 fully saturated rings. The molecule has 0 saturated carbocycles. The minimum Gasteiger partial charge on any atom is -0.507 e. The normalized spacial score (nSPS) is 17.0. The fraction of sp³-hybridized carbons (Fsp3) is 0.241. The third kappa shape index (κ3) is 5.06. The van der Waals surface area contributed by atoms with E-state index in [-0.39, 0.29) is 11.3 Å². The number of likely N-dealkylation sites (tertiary alicyclic amines) is 1. The summed E-state index contributed by atoms with van der Waals surface area (Å²) in [5.74, 6) is -0.405. The predicted octanol–water partition coefficient (Wildman–Crippen LogP) is 5.15. The number of carbonyl (C=O) groups is 2. The van der Waals surface area contributed by atoms with E-state index in [1.165, 1.54) is 4.90 Å². The smallest absolute Gasteiger partial charge is 0.295 e. The Balaban J connectivity index is 1.81. The van der Waals surface area contributed by atoms with Crippen molar-refractivity contribution in [2.24, 2.45) is 0 Å². The van der Waals surface area contributed by atoms with E-state index in [0.717, 1.165) is 5.56 Å². The Morgan fingerprint density at radius 2 is 1.49 bits per heavy atom. The Morgan fingerprint density at radius 1 is 0.857 bits per heavy atom. The second-order valence-corrected chi connectivity index (χ2v) is 8.17. The Bertz CT molecular complexity index is 1220. The van der Waals surface area contributed by atoms with E-state index in [0.29, 0.717) is 48.8 Å². The molecule has 6 heteroatoms. The quantitative estimate of drug-likeness (QED) is 0.265. The number of benzene rings is 3. The summed E-state index contributed by atoms with van der Waals surface area (Å²) in [5.41, 5.74) is 2.27. The molecule has 1 N–H and O–H groups in total. The molecule has 35 heavy (non-hydrogen) atoms. The molecule has 0 aliphatic carbocycles. The van der Waals surface area contributed by atoms with Crippen LogP contribution >= 0.6 is 0 Å². The van der Waals surface area contributed by atoms with Crippen molar-refractivity contribution in [2.45, 2.75) is 26.3 Å². The Morgan fingerprint density at radius 3 is 2.14 bits per heavy atom. The first-order chi connectivity index (χ1) is 17.0. The van der Waals surface area contributed by atoms with Crippen molar-refractivity contribution < 1.29 is 24.2 Å². The molecule has 6 nitrogen and oxygen atoms in total. The largest absolute Gasteiger partial charge is 0.507 e. The summed E-state index contributed by atoms with van der Waals surface area (Å²) < 4.78 is 11.5. The van der Waals surface area contributed by atoms with Gasteiger partial charge in [-0.1, -0.05) is 66.7 Å². The van der Waals surface area contributed by atoms with Crippen LogP contribution in [0.15, 0.2) is 84.4 Å². The standard InChI is InChI=1S/C29H29NO5/c1-3-34-23-16-15-22(19-24(23)35-4-2)26-25(27(31)21-13-9-6-10-14-21)28(32)29(33)30(26)18-17-20-11-7-5-8-12-20/h5-16,19,26,31H,3-4,17-18H2,1-2H3. The van der Waals surface area contributed by atoms with Gasteiger partial charge in [-0.2, -0.15) is 0 Å². The van der Waals surface area contributed by atoms with Gasteiger partial charge in [0.2, 0.25) is 0 Å². The summed E-state index contributed by atoms with van der Waals surface area (Å²) in [6.45, 7) is 5.00. The molecule has 1 aliphatic heterocycles. The minimum absolute atomic E-state index is 0.0703. The lowest BCUT2D eigenvalue weighted by molar-refractivity contribution is -0.139. The van der Waals surface area contributed by atoms with Gasteiger partial charge in [0.05, 0.1) is 24.8 Å². The van der Waals surface area contributed by atoms with E-state index in [1.54, 1.807) is 36.4 Å². The number of hydrogen-bond acceptors (Lipinski definition) is 5. The zero-order chi connectivity index (χ0) is 24.8. The topological polar surface area (TPSA) is 76.1 Å². The minimum atomic E-state index is -0.756. The van der Waals surface area contributed by atoms with Gasteiger partial charge >= 0.3 is 0 Å². The molecule has 0 spiro atoms. The summed E-state index contributed by atoms with van der Waals surface area (Å²) in [5, 5.41) is 11.2. The number of carbonyl (C=O) groups excluding carboxylic acids is 2. The second-order valence-electron chi connectivity index (χ2n) is 8.17. The maximum absolute atomic E-state index is 13.2. The van der Waals surface area contributed by atoms with Crippen LogP contribution in [0.2, 0.25) is 0 Å². The van der Waals surface area contributed by atoms with Crippen LogP contribution in [0.25, 0.3) is 5.76 Å². The molecule has 3 aromatic carbocycles. The summed E-state index contributed by atoms with van der Waals surface area (Å²) in [4.78, 5) is 28.0. The van der Waals surface area contributed by atoms with Crippen molar-refractivity contribution in [1.82, 2.24) is 4.90 Å². The Labute approximate surface area is 205 Å². The number of amides is 1. The molecular formula is C29H29NO5. The molecule has 1 atom stereocenters. The summed E-state index contributed by atoms with van der Waals surface area (Å²) in [6.07, 6.45) is 0.574. The van der Waals surface area contributed by atoms with Crippen LogP contribution in [0.3, 0.4) is 0 Å². The number of nitrogens with zero attached hydrogens (tertiary/aromatic N) is 1. The van der Waals surface area contributed by atoms with Gasteiger partial charge in [0.1, 0.15) is 5.76 Å². The molecule has 180 valence electrons. The fourth-order valence-electron chi connectivity index (χ4n) is 4.34. The highest BCUT2D eigenvalue weighted by Crippen LogP contribution is 2.42. The third-order valence-corrected chi connectivity index (χ3v) is 5.95. The van der Waals surface area contributed by atoms with E-state index in [4.69, 9.17) is 9.47 Å². The first-order valence-corrected chi connectivity index (χ1v) is 11.8. The lowest BCUT2D eigenvalue weighted by Crippen LogP contribution is -2.31. The van der Waals surface area contributed by atoms with Crippen molar-refractivity contribution in [3.63, 3.8) is 0 Å². The Hall–Kier alpha value is -4.06. The van der Waals surface area contributed by atoms with E-state index in [9.17, 15) is 14.7 Å². The number of aliphatic hydroxyl groups is 1. The monoisotopic (exact) mass is 471 g/mol. The Kier molecular flexibility index (Phi) is 7.51. The number of hydrogen-bond donors (Lipinski definition) is 1. The molecule has 3 aromatic rings. The molecule has 1 amide bonds. The second kappa shape index (κ2) is 10.9. The number of rotatable bonds is 9. The maximum Gasteiger partial charge on any atom is 0.295 e.